The van der Waals surface area contributed by atoms with E-state index in [-0.39, 0.29) is 10.5 Å². The SMILES string of the molecule is O=C(c1cc(Br)ccc1F)N1CCCc2cc(S(=O)(=O)N3CCCC3)ccc21. The Morgan fingerprint density at radius 1 is 1.00 bits per heavy atom. The Bertz CT molecular complexity index is 1040. The summed E-state index contributed by atoms with van der Waals surface area (Å²) in [7, 11) is -3.51. The first-order valence-electron chi connectivity index (χ1n) is 9.28. The molecule has 0 saturated carbocycles. The number of hydrogen-bond donors (Lipinski definition) is 0. The first-order chi connectivity index (χ1) is 13.4. The van der Waals surface area contributed by atoms with Gasteiger partial charge < -0.3 is 4.90 Å². The van der Waals surface area contributed by atoms with Crippen LogP contribution in [0.25, 0.3) is 0 Å². The van der Waals surface area contributed by atoms with E-state index in [1.165, 1.54) is 21.3 Å². The molecular formula is C20H20BrFN2O3S. The number of aryl methyl sites for hydroxylation is 1. The fourth-order valence-electron chi connectivity index (χ4n) is 3.83. The fourth-order valence-corrected chi connectivity index (χ4v) is 5.76. The zero-order valence-corrected chi connectivity index (χ0v) is 17.6. The first-order valence-corrected chi connectivity index (χ1v) is 11.5. The lowest BCUT2D eigenvalue weighted by molar-refractivity contribution is 0.0981. The van der Waals surface area contributed by atoms with Gasteiger partial charge in [-0.05, 0) is 67.6 Å². The van der Waals surface area contributed by atoms with Gasteiger partial charge in [-0.25, -0.2) is 12.8 Å². The maximum Gasteiger partial charge on any atom is 0.261 e. The molecule has 0 bridgehead atoms. The highest BCUT2D eigenvalue weighted by Crippen LogP contribution is 2.32. The Balaban J connectivity index is 1.69. The fraction of sp³-hybridized carbons (Fsp3) is 0.350. The van der Waals surface area contributed by atoms with Gasteiger partial charge in [0, 0.05) is 29.8 Å². The molecule has 0 unspecified atom stereocenters. The van der Waals surface area contributed by atoms with Gasteiger partial charge in [0.25, 0.3) is 5.91 Å². The third kappa shape index (κ3) is 3.49. The number of anilines is 1. The third-order valence-electron chi connectivity index (χ3n) is 5.28. The zero-order valence-electron chi connectivity index (χ0n) is 15.2. The van der Waals surface area contributed by atoms with Crippen LogP contribution in [0.1, 0.15) is 35.2 Å². The molecule has 0 spiro atoms. The quantitative estimate of drug-likeness (QED) is 0.687. The van der Waals surface area contributed by atoms with Crippen LogP contribution in [0.3, 0.4) is 0 Å². The predicted molar refractivity (Wildman–Crippen MR) is 109 cm³/mol. The van der Waals surface area contributed by atoms with Crippen molar-refractivity contribution in [2.24, 2.45) is 0 Å². The zero-order chi connectivity index (χ0) is 19.9. The molecule has 1 amide bonds. The van der Waals surface area contributed by atoms with Crippen molar-refractivity contribution in [3.63, 3.8) is 0 Å². The van der Waals surface area contributed by atoms with E-state index >= 15 is 0 Å². The number of benzene rings is 2. The van der Waals surface area contributed by atoms with Crippen LogP contribution in [0.15, 0.2) is 45.8 Å². The van der Waals surface area contributed by atoms with Crippen LogP contribution >= 0.6 is 15.9 Å². The molecule has 0 N–H and O–H groups in total. The normalized spacial score (nSPS) is 17.6. The van der Waals surface area contributed by atoms with E-state index in [1.54, 1.807) is 24.3 Å². The number of rotatable bonds is 3. The lowest BCUT2D eigenvalue weighted by Gasteiger charge is -2.30. The molecule has 0 atom stereocenters. The molecule has 0 aromatic heterocycles. The summed E-state index contributed by atoms with van der Waals surface area (Å²) >= 11 is 3.28. The van der Waals surface area contributed by atoms with Crippen molar-refractivity contribution in [1.82, 2.24) is 4.31 Å². The Labute approximate surface area is 172 Å². The highest BCUT2D eigenvalue weighted by atomic mass is 79.9. The van der Waals surface area contributed by atoms with Gasteiger partial charge in [0.15, 0.2) is 0 Å². The van der Waals surface area contributed by atoms with Crippen molar-refractivity contribution in [1.29, 1.82) is 0 Å². The minimum Gasteiger partial charge on any atom is -0.308 e. The van der Waals surface area contributed by atoms with Gasteiger partial charge in [0.05, 0.1) is 10.5 Å². The van der Waals surface area contributed by atoms with Crippen LogP contribution in [0.4, 0.5) is 10.1 Å². The summed E-state index contributed by atoms with van der Waals surface area (Å²) in [6.07, 6.45) is 3.14. The van der Waals surface area contributed by atoms with Crippen LogP contribution in [0.5, 0.6) is 0 Å². The van der Waals surface area contributed by atoms with Gasteiger partial charge in [0.1, 0.15) is 5.82 Å². The Hall–Kier alpha value is -1.77. The molecule has 0 radical (unpaired) electrons. The lowest BCUT2D eigenvalue weighted by Crippen LogP contribution is -2.36. The number of carbonyl (C=O) groups is 1. The topological polar surface area (TPSA) is 57.7 Å². The Morgan fingerprint density at radius 2 is 1.75 bits per heavy atom. The number of carbonyl (C=O) groups excluding carboxylic acids is 1. The molecule has 2 heterocycles. The van der Waals surface area contributed by atoms with E-state index in [9.17, 15) is 17.6 Å². The maximum absolute atomic E-state index is 14.2. The lowest BCUT2D eigenvalue weighted by atomic mass is 10.0. The van der Waals surface area contributed by atoms with Gasteiger partial charge in [-0.2, -0.15) is 4.31 Å². The second kappa shape index (κ2) is 7.57. The van der Waals surface area contributed by atoms with Crippen molar-refractivity contribution in [2.45, 2.75) is 30.6 Å². The molecule has 2 aliphatic rings. The van der Waals surface area contributed by atoms with Crippen molar-refractivity contribution in [2.75, 3.05) is 24.5 Å². The molecule has 0 aliphatic carbocycles. The van der Waals surface area contributed by atoms with Gasteiger partial charge in [-0.3, -0.25) is 4.79 Å². The van der Waals surface area contributed by atoms with E-state index in [4.69, 9.17) is 0 Å². The minimum absolute atomic E-state index is 0.00371. The van der Waals surface area contributed by atoms with Crippen LogP contribution in [-0.4, -0.2) is 38.3 Å². The van der Waals surface area contributed by atoms with Gasteiger partial charge in [0.2, 0.25) is 10.0 Å². The standard InChI is InChI=1S/C20H20BrFN2O3S/c21-15-5-7-18(22)17(13-15)20(25)24-11-3-4-14-12-16(6-8-19(14)24)28(26,27)23-9-1-2-10-23/h5-8,12-13H,1-4,9-11H2. The predicted octanol–water partition coefficient (Wildman–Crippen LogP) is 3.97. The van der Waals surface area contributed by atoms with Gasteiger partial charge in [-0.15, -0.1) is 0 Å². The van der Waals surface area contributed by atoms with E-state index in [0.29, 0.717) is 42.6 Å². The van der Waals surface area contributed by atoms with Crippen LogP contribution in [0.2, 0.25) is 0 Å². The maximum atomic E-state index is 14.2. The number of hydrogen-bond acceptors (Lipinski definition) is 3. The molecule has 1 saturated heterocycles. The van der Waals surface area contributed by atoms with E-state index in [2.05, 4.69) is 15.9 Å². The summed E-state index contributed by atoms with van der Waals surface area (Å²) in [4.78, 5) is 14.8. The van der Waals surface area contributed by atoms with E-state index < -0.39 is 21.7 Å². The number of amides is 1. The third-order valence-corrected chi connectivity index (χ3v) is 7.66. The molecule has 4 rings (SSSR count). The molecule has 2 aromatic carbocycles. The largest absolute Gasteiger partial charge is 0.308 e. The summed E-state index contributed by atoms with van der Waals surface area (Å²) in [6, 6.07) is 9.16. The molecule has 148 valence electrons. The summed E-state index contributed by atoms with van der Waals surface area (Å²) in [6.45, 7) is 1.56. The number of halogens is 2. The number of sulfonamides is 1. The van der Waals surface area contributed by atoms with E-state index in [1.807, 2.05) is 0 Å². The average Bonchev–Trinajstić information content (AvgIpc) is 3.24. The van der Waals surface area contributed by atoms with Crippen molar-refractivity contribution >= 4 is 37.5 Å². The minimum atomic E-state index is -3.51. The monoisotopic (exact) mass is 466 g/mol. The summed E-state index contributed by atoms with van der Waals surface area (Å²) in [5.74, 6) is -0.997. The highest BCUT2D eigenvalue weighted by Gasteiger charge is 2.30. The number of fused-ring (bicyclic) bond motifs is 1. The summed E-state index contributed by atoms with van der Waals surface area (Å²) < 4.78 is 42.0. The Morgan fingerprint density at radius 3 is 2.50 bits per heavy atom. The van der Waals surface area contributed by atoms with Crippen LogP contribution in [0, 0.1) is 5.82 Å². The molecule has 5 nitrogen and oxygen atoms in total. The number of nitrogens with zero attached hydrogens (tertiary/aromatic N) is 2. The molecule has 8 heteroatoms. The van der Waals surface area contributed by atoms with E-state index in [0.717, 1.165) is 18.4 Å². The second-order valence-corrected chi connectivity index (χ2v) is 9.94. The average molecular weight is 467 g/mol. The molecule has 1 fully saturated rings. The summed E-state index contributed by atoms with van der Waals surface area (Å²) in [5, 5.41) is 0. The molecule has 2 aromatic rings. The summed E-state index contributed by atoms with van der Waals surface area (Å²) in [5.41, 5.74) is 1.45. The molecule has 28 heavy (non-hydrogen) atoms. The van der Waals surface area contributed by atoms with Crippen LogP contribution < -0.4 is 4.90 Å². The second-order valence-electron chi connectivity index (χ2n) is 7.09. The highest BCUT2D eigenvalue weighted by molar-refractivity contribution is 9.10. The molecule has 2 aliphatic heterocycles. The van der Waals surface area contributed by atoms with Gasteiger partial charge >= 0.3 is 0 Å². The first kappa shape index (κ1) is 19.5. The van der Waals surface area contributed by atoms with Crippen molar-refractivity contribution in [3.05, 3.63) is 57.8 Å². The van der Waals surface area contributed by atoms with Gasteiger partial charge in [-0.1, -0.05) is 15.9 Å². The molecular weight excluding hydrogens is 447 g/mol. The Kier molecular flexibility index (Phi) is 5.28. The van der Waals surface area contributed by atoms with Crippen LogP contribution in [-0.2, 0) is 16.4 Å². The smallest absolute Gasteiger partial charge is 0.261 e. The van der Waals surface area contributed by atoms with Crippen molar-refractivity contribution < 1.29 is 17.6 Å². The van der Waals surface area contributed by atoms with Crippen molar-refractivity contribution in [3.8, 4) is 0 Å².